The van der Waals surface area contributed by atoms with Crippen LogP contribution in [0.25, 0.3) is 0 Å². The minimum atomic E-state index is -2.89. The van der Waals surface area contributed by atoms with Gasteiger partial charge < -0.3 is 10.6 Å². The molecule has 1 aromatic carbocycles. The SMILES string of the molecule is CN(c1ccccc1C(N)=S)C1CCS(=O)(=O)C1. The zero-order valence-corrected chi connectivity index (χ0v) is 11.8. The summed E-state index contributed by atoms with van der Waals surface area (Å²) in [6.07, 6.45) is 0.657. The quantitative estimate of drug-likeness (QED) is 0.837. The van der Waals surface area contributed by atoms with Crippen LogP contribution in [0.4, 0.5) is 5.69 Å². The van der Waals surface area contributed by atoms with Crippen LogP contribution in [0.15, 0.2) is 24.3 Å². The van der Waals surface area contributed by atoms with Crippen molar-refractivity contribution in [1.29, 1.82) is 0 Å². The Labute approximate surface area is 113 Å². The lowest BCUT2D eigenvalue weighted by atomic mass is 10.1. The molecule has 1 fully saturated rings. The van der Waals surface area contributed by atoms with Gasteiger partial charge in [-0.25, -0.2) is 8.42 Å². The third kappa shape index (κ3) is 2.64. The minimum Gasteiger partial charge on any atom is -0.389 e. The summed E-state index contributed by atoms with van der Waals surface area (Å²) in [6, 6.07) is 7.55. The lowest BCUT2D eigenvalue weighted by molar-refractivity contribution is 0.601. The average Bonchev–Trinajstić information content (AvgIpc) is 2.68. The van der Waals surface area contributed by atoms with Gasteiger partial charge in [-0.2, -0.15) is 0 Å². The Balaban J connectivity index is 2.30. The molecule has 0 amide bonds. The second-order valence-corrected chi connectivity index (χ2v) is 7.22. The van der Waals surface area contributed by atoms with Gasteiger partial charge in [0.1, 0.15) is 4.99 Å². The number of nitrogens with two attached hydrogens (primary N) is 1. The van der Waals surface area contributed by atoms with Crippen molar-refractivity contribution in [2.24, 2.45) is 5.73 Å². The molecular formula is C12H16N2O2S2. The van der Waals surface area contributed by atoms with Crippen molar-refractivity contribution in [2.45, 2.75) is 12.5 Å². The third-order valence-corrected chi connectivity index (χ3v) is 5.28. The maximum Gasteiger partial charge on any atom is 0.152 e. The molecule has 0 bridgehead atoms. The number of hydrogen-bond donors (Lipinski definition) is 1. The highest BCUT2D eigenvalue weighted by Crippen LogP contribution is 2.25. The molecule has 6 heteroatoms. The predicted molar refractivity (Wildman–Crippen MR) is 77.8 cm³/mol. The minimum absolute atomic E-state index is 0.00509. The fraction of sp³-hybridized carbons (Fsp3) is 0.417. The number of nitrogens with zero attached hydrogens (tertiary/aromatic N) is 1. The second kappa shape index (κ2) is 4.85. The van der Waals surface area contributed by atoms with E-state index in [9.17, 15) is 8.42 Å². The van der Waals surface area contributed by atoms with E-state index in [2.05, 4.69) is 0 Å². The van der Waals surface area contributed by atoms with Crippen LogP contribution in [-0.2, 0) is 9.84 Å². The molecule has 0 aromatic heterocycles. The van der Waals surface area contributed by atoms with E-state index in [0.717, 1.165) is 11.3 Å². The predicted octanol–water partition coefficient (Wildman–Crippen LogP) is 0.944. The maximum absolute atomic E-state index is 11.5. The first-order valence-corrected chi connectivity index (χ1v) is 7.96. The van der Waals surface area contributed by atoms with Gasteiger partial charge in [-0.1, -0.05) is 24.4 Å². The molecule has 1 unspecified atom stereocenters. The summed E-state index contributed by atoms with van der Waals surface area (Å²) in [5.41, 5.74) is 7.38. The Morgan fingerprint density at radius 1 is 1.44 bits per heavy atom. The van der Waals surface area contributed by atoms with Gasteiger partial charge in [0.25, 0.3) is 0 Å². The number of rotatable bonds is 3. The van der Waals surface area contributed by atoms with E-state index in [1.54, 1.807) is 0 Å². The zero-order chi connectivity index (χ0) is 13.3. The molecule has 2 N–H and O–H groups in total. The van der Waals surface area contributed by atoms with Gasteiger partial charge in [-0.05, 0) is 18.6 Å². The molecule has 18 heavy (non-hydrogen) atoms. The van der Waals surface area contributed by atoms with Gasteiger partial charge in [0.15, 0.2) is 9.84 Å². The van der Waals surface area contributed by atoms with Crippen molar-refractivity contribution in [3.05, 3.63) is 29.8 Å². The molecular weight excluding hydrogens is 268 g/mol. The standard InChI is InChI=1S/C12H16N2O2S2/c1-14(9-6-7-18(15,16)8-9)11-5-3-2-4-10(11)12(13)17/h2-5,9H,6-8H2,1H3,(H2,13,17). The van der Waals surface area contributed by atoms with E-state index in [0.29, 0.717) is 11.4 Å². The molecule has 0 spiro atoms. The average molecular weight is 284 g/mol. The van der Waals surface area contributed by atoms with Gasteiger partial charge in [-0.15, -0.1) is 0 Å². The highest BCUT2D eigenvalue weighted by molar-refractivity contribution is 7.91. The Kier molecular flexibility index (Phi) is 3.59. The first-order valence-electron chi connectivity index (χ1n) is 5.73. The topological polar surface area (TPSA) is 63.4 Å². The fourth-order valence-corrected chi connectivity index (χ4v) is 4.21. The van der Waals surface area contributed by atoms with E-state index in [4.69, 9.17) is 18.0 Å². The van der Waals surface area contributed by atoms with Gasteiger partial charge in [0, 0.05) is 24.3 Å². The van der Waals surface area contributed by atoms with Crippen LogP contribution in [-0.4, -0.2) is 38.0 Å². The van der Waals surface area contributed by atoms with Crippen molar-refractivity contribution in [2.75, 3.05) is 23.5 Å². The lowest BCUT2D eigenvalue weighted by Crippen LogP contribution is -2.34. The van der Waals surface area contributed by atoms with E-state index in [1.165, 1.54) is 0 Å². The van der Waals surface area contributed by atoms with Crippen LogP contribution in [0.2, 0.25) is 0 Å². The van der Waals surface area contributed by atoms with Crippen LogP contribution in [0.5, 0.6) is 0 Å². The van der Waals surface area contributed by atoms with Crippen LogP contribution in [0, 0.1) is 0 Å². The third-order valence-electron chi connectivity index (χ3n) is 3.31. The molecule has 0 radical (unpaired) electrons. The smallest absolute Gasteiger partial charge is 0.152 e. The molecule has 1 aliphatic heterocycles. The van der Waals surface area contributed by atoms with Crippen LogP contribution >= 0.6 is 12.2 Å². The number of para-hydroxylation sites is 1. The van der Waals surface area contributed by atoms with E-state index in [-0.39, 0.29) is 17.5 Å². The summed E-state index contributed by atoms with van der Waals surface area (Å²) in [4.78, 5) is 2.30. The lowest BCUT2D eigenvalue weighted by Gasteiger charge is -2.27. The molecule has 2 rings (SSSR count). The second-order valence-electron chi connectivity index (χ2n) is 4.55. The largest absolute Gasteiger partial charge is 0.389 e. The molecule has 1 aromatic rings. The van der Waals surface area contributed by atoms with Crippen molar-refractivity contribution >= 4 is 32.7 Å². The molecule has 1 aliphatic rings. The fourth-order valence-electron chi connectivity index (χ4n) is 2.27. The summed E-state index contributed by atoms with van der Waals surface area (Å²) < 4.78 is 23.0. The summed E-state index contributed by atoms with van der Waals surface area (Å²) in [7, 11) is -0.996. The molecule has 98 valence electrons. The normalized spacial score (nSPS) is 21.7. The Bertz CT molecular complexity index is 569. The van der Waals surface area contributed by atoms with Gasteiger partial charge in [-0.3, -0.25) is 0 Å². The number of thiocarbonyl (C=S) groups is 1. The van der Waals surface area contributed by atoms with Crippen molar-refractivity contribution in [3.8, 4) is 0 Å². The Morgan fingerprint density at radius 3 is 2.67 bits per heavy atom. The van der Waals surface area contributed by atoms with Crippen molar-refractivity contribution in [3.63, 3.8) is 0 Å². The Morgan fingerprint density at radius 2 is 2.11 bits per heavy atom. The highest BCUT2D eigenvalue weighted by Gasteiger charge is 2.31. The van der Waals surface area contributed by atoms with Crippen molar-refractivity contribution in [1.82, 2.24) is 0 Å². The zero-order valence-electron chi connectivity index (χ0n) is 10.2. The molecule has 0 saturated carbocycles. The van der Waals surface area contributed by atoms with E-state index >= 15 is 0 Å². The monoisotopic (exact) mass is 284 g/mol. The van der Waals surface area contributed by atoms with Crippen LogP contribution in [0.3, 0.4) is 0 Å². The molecule has 1 heterocycles. The Hall–Kier alpha value is -1.14. The number of sulfone groups is 1. The first kappa shape index (κ1) is 13.3. The highest BCUT2D eigenvalue weighted by atomic mass is 32.2. The summed E-state index contributed by atoms with van der Waals surface area (Å²) >= 11 is 5.02. The summed E-state index contributed by atoms with van der Waals surface area (Å²) in [5.74, 6) is 0.465. The first-order chi connectivity index (χ1) is 8.41. The van der Waals surface area contributed by atoms with E-state index < -0.39 is 9.84 Å². The maximum atomic E-state index is 11.5. The summed E-state index contributed by atoms with van der Waals surface area (Å²) in [6.45, 7) is 0. The molecule has 4 nitrogen and oxygen atoms in total. The number of hydrogen-bond acceptors (Lipinski definition) is 4. The van der Waals surface area contributed by atoms with Gasteiger partial charge >= 0.3 is 0 Å². The van der Waals surface area contributed by atoms with Crippen LogP contribution in [0.1, 0.15) is 12.0 Å². The van der Waals surface area contributed by atoms with Crippen molar-refractivity contribution < 1.29 is 8.42 Å². The molecule has 0 aliphatic carbocycles. The summed E-state index contributed by atoms with van der Waals surface area (Å²) in [5, 5.41) is 0. The van der Waals surface area contributed by atoms with E-state index in [1.807, 2.05) is 36.2 Å². The molecule has 1 atom stereocenters. The van der Waals surface area contributed by atoms with Crippen LogP contribution < -0.4 is 10.6 Å². The molecule has 1 saturated heterocycles. The number of anilines is 1. The number of benzene rings is 1. The van der Waals surface area contributed by atoms with Gasteiger partial charge in [0.05, 0.1) is 11.5 Å². The van der Waals surface area contributed by atoms with Gasteiger partial charge in [0.2, 0.25) is 0 Å².